The molecule has 100 valence electrons. The molecule has 0 bridgehead atoms. The van der Waals surface area contributed by atoms with E-state index in [2.05, 4.69) is 21.2 Å². The average Bonchev–Trinajstić information content (AvgIpc) is 2.39. The summed E-state index contributed by atoms with van der Waals surface area (Å²) in [4.78, 5) is 0. The van der Waals surface area contributed by atoms with E-state index < -0.39 is 5.75 Å². The molecule has 0 aliphatic heterocycles. The number of halogens is 1. The Kier molecular flexibility index (Phi) is 4.29. The van der Waals surface area contributed by atoms with Gasteiger partial charge in [0.25, 0.3) is 0 Å². The summed E-state index contributed by atoms with van der Waals surface area (Å²) in [5.41, 5.74) is 1.64. The van der Waals surface area contributed by atoms with E-state index in [9.17, 15) is 15.3 Å². The molecule has 2 aromatic carbocycles. The van der Waals surface area contributed by atoms with E-state index in [0.29, 0.717) is 18.7 Å². The van der Waals surface area contributed by atoms with Crippen molar-refractivity contribution in [2.24, 2.45) is 0 Å². The van der Waals surface area contributed by atoms with E-state index in [-0.39, 0.29) is 11.5 Å². The van der Waals surface area contributed by atoms with E-state index >= 15 is 0 Å². The van der Waals surface area contributed by atoms with Gasteiger partial charge in [-0.3, -0.25) is 0 Å². The zero-order valence-electron chi connectivity index (χ0n) is 10.1. The van der Waals surface area contributed by atoms with Crippen molar-refractivity contribution < 1.29 is 15.3 Å². The van der Waals surface area contributed by atoms with Crippen LogP contribution in [-0.2, 0) is 13.1 Å². The molecule has 0 aromatic heterocycles. The van der Waals surface area contributed by atoms with Gasteiger partial charge in [0, 0.05) is 23.1 Å². The van der Waals surface area contributed by atoms with Gasteiger partial charge in [-0.1, -0.05) is 34.1 Å². The minimum absolute atomic E-state index is 0.290. The quantitative estimate of drug-likeness (QED) is 0.653. The van der Waals surface area contributed by atoms with Gasteiger partial charge in [-0.25, -0.2) is 0 Å². The number of hydrogen-bond donors (Lipinski definition) is 4. The highest BCUT2D eigenvalue weighted by molar-refractivity contribution is 9.10. The maximum atomic E-state index is 9.66. The summed E-state index contributed by atoms with van der Waals surface area (Å²) in [6, 6.07) is 10.8. The Morgan fingerprint density at radius 3 is 2.47 bits per heavy atom. The molecule has 4 N–H and O–H groups in total. The van der Waals surface area contributed by atoms with Crippen molar-refractivity contribution in [3.05, 3.63) is 52.0 Å². The number of hydrogen-bond acceptors (Lipinski definition) is 4. The highest BCUT2D eigenvalue weighted by Crippen LogP contribution is 2.36. The smallest absolute Gasteiger partial charge is 0.200 e. The molecule has 2 aromatic rings. The summed E-state index contributed by atoms with van der Waals surface area (Å²) in [6.45, 7) is 1.03. The Balaban J connectivity index is 1.98. The van der Waals surface area contributed by atoms with Crippen LogP contribution in [0.1, 0.15) is 11.1 Å². The summed E-state index contributed by atoms with van der Waals surface area (Å²) in [5.74, 6) is -1.10. The van der Waals surface area contributed by atoms with Crippen LogP contribution >= 0.6 is 15.9 Å². The predicted molar refractivity (Wildman–Crippen MR) is 76.1 cm³/mol. The number of nitrogens with one attached hydrogen (secondary N) is 1. The van der Waals surface area contributed by atoms with Gasteiger partial charge in [0.2, 0.25) is 5.75 Å². The lowest BCUT2D eigenvalue weighted by Gasteiger charge is -2.09. The molecule has 0 heterocycles. The lowest BCUT2D eigenvalue weighted by Crippen LogP contribution is -2.12. The molecule has 0 unspecified atom stereocenters. The molecule has 0 radical (unpaired) electrons. The van der Waals surface area contributed by atoms with E-state index in [4.69, 9.17) is 0 Å². The number of benzene rings is 2. The SMILES string of the molecule is Oc1ccc(CNCc2cccc(Br)c2)c(O)c1O. The van der Waals surface area contributed by atoms with Crippen LogP contribution in [0.4, 0.5) is 0 Å². The molecule has 0 saturated heterocycles. The third-order valence-electron chi connectivity index (χ3n) is 2.75. The third-order valence-corrected chi connectivity index (χ3v) is 3.24. The number of rotatable bonds is 4. The van der Waals surface area contributed by atoms with Gasteiger partial charge in [-0.05, 0) is 23.8 Å². The molecule has 5 heteroatoms. The second kappa shape index (κ2) is 5.95. The Labute approximate surface area is 119 Å². The summed E-state index contributed by atoms with van der Waals surface area (Å²) in [7, 11) is 0. The maximum absolute atomic E-state index is 9.66. The zero-order valence-corrected chi connectivity index (χ0v) is 11.7. The van der Waals surface area contributed by atoms with Crippen LogP contribution in [0.15, 0.2) is 40.9 Å². The fourth-order valence-corrected chi connectivity index (χ4v) is 2.19. The highest BCUT2D eigenvalue weighted by atomic mass is 79.9. The summed E-state index contributed by atoms with van der Waals surface area (Å²) in [6.07, 6.45) is 0. The van der Waals surface area contributed by atoms with Crippen molar-refractivity contribution in [1.29, 1.82) is 0 Å². The molecule has 0 spiro atoms. The molecular weight excluding hydrogens is 310 g/mol. The fourth-order valence-electron chi connectivity index (χ4n) is 1.74. The summed E-state index contributed by atoms with van der Waals surface area (Å²) < 4.78 is 1.01. The number of phenolic OH excluding ortho intramolecular Hbond substituents is 3. The van der Waals surface area contributed by atoms with Gasteiger partial charge in [0.15, 0.2) is 11.5 Å². The molecule has 0 fully saturated rings. The number of aromatic hydroxyl groups is 3. The standard InChI is InChI=1S/C14H14BrNO3/c15-11-3-1-2-9(6-11)7-16-8-10-4-5-12(17)14(19)13(10)18/h1-6,16-19H,7-8H2. The van der Waals surface area contributed by atoms with E-state index in [0.717, 1.165) is 10.0 Å². The minimum Gasteiger partial charge on any atom is -0.504 e. The molecular formula is C14H14BrNO3. The molecule has 0 amide bonds. The Morgan fingerprint density at radius 1 is 0.947 bits per heavy atom. The van der Waals surface area contributed by atoms with Crippen molar-refractivity contribution in [3.8, 4) is 17.2 Å². The van der Waals surface area contributed by atoms with Gasteiger partial charge < -0.3 is 20.6 Å². The first-order valence-electron chi connectivity index (χ1n) is 5.76. The molecule has 4 nitrogen and oxygen atoms in total. The fraction of sp³-hybridized carbons (Fsp3) is 0.143. The summed E-state index contributed by atoms with van der Waals surface area (Å²) >= 11 is 3.40. The normalized spacial score (nSPS) is 10.6. The molecule has 2 rings (SSSR count). The van der Waals surface area contributed by atoms with Crippen LogP contribution in [0.2, 0.25) is 0 Å². The monoisotopic (exact) mass is 323 g/mol. The number of phenols is 3. The Hall–Kier alpha value is -1.72. The first-order chi connectivity index (χ1) is 9.08. The van der Waals surface area contributed by atoms with E-state index in [1.807, 2.05) is 24.3 Å². The van der Waals surface area contributed by atoms with Crippen LogP contribution in [0.3, 0.4) is 0 Å². The molecule has 0 aliphatic carbocycles. The lowest BCUT2D eigenvalue weighted by molar-refractivity contribution is 0.364. The second-order valence-corrected chi connectivity index (χ2v) is 5.09. The van der Waals surface area contributed by atoms with Crippen molar-refractivity contribution in [2.75, 3.05) is 0 Å². The Bertz CT molecular complexity index is 587. The van der Waals surface area contributed by atoms with Crippen LogP contribution in [0, 0.1) is 0 Å². The van der Waals surface area contributed by atoms with Gasteiger partial charge in [-0.2, -0.15) is 0 Å². The first-order valence-corrected chi connectivity index (χ1v) is 6.55. The van der Waals surface area contributed by atoms with Crippen LogP contribution in [0.5, 0.6) is 17.2 Å². The third kappa shape index (κ3) is 3.39. The first kappa shape index (κ1) is 13.7. The van der Waals surface area contributed by atoms with E-state index in [1.165, 1.54) is 6.07 Å². The topological polar surface area (TPSA) is 72.7 Å². The molecule has 0 aliphatic rings. The zero-order chi connectivity index (χ0) is 13.8. The van der Waals surface area contributed by atoms with Gasteiger partial charge in [-0.15, -0.1) is 0 Å². The molecule has 0 saturated carbocycles. The van der Waals surface area contributed by atoms with Crippen molar-refractivity contribution in [1.82, 2.24) is 5.32 Å². The van der Waals surface area contributed by atoms with Crippen LogP contribution < -0.4 is 5.32 Å². The lowest BCUT2D eigenvalue weighted by atomic mass is 10.1. The van der Waals surface area contributed by atoms with Crippen molar-refractivity contribution in [2.45, 2.75) is 13.1 Å². The minimum atomic E-state index is -0.484. The van der Waals surface area contributed by atoms with Crippen molar-refractivity contribution >= 4 is 15.9 Å². The van der Waals surface area contributed by atoms with Crippen LogP contribution in [-0.4, -0.2) is 15.3 Å². The predicted octanol–water partition coefficient (Wildman–Crippen LogP) is 2.86. The highest BCUT2D eigenvalue weighted by Gasteiger charge is 2.10. The maximum Gasteiger partial charge on any atom is 0.200 e. The average molecular weight is 324 g/mol. The molecule has 0 atom stereocenters. The van der Waals surface area contributed by atoms with E-state index in [1.54, 1.807) is 6.07 Å². The van der Waals surface area contributed by atoms with Gasteiger partial charge >= 0.3 is 0 Å². The van der Waals surface area contributed by atoms with Gasteiger partial charge in [0.05, 0.1) is 0 Å². The largest absolute Gasteiger partial charge is 0.504 e. The van der Waals surface area contributed by atoms with Gasteiger partial charge in [0.1, 0.15) is 0 Å². The Morgan fingerprint density at radius 2 is 1.74 bits per heavy atom. The molecule has 19 heavy (non-hydrogen) atoms. The van der Waals surface area contributed by atoms with Crippen LogP contribution in [0.25, 0.3) is 0 Å². The second-order valence-electron chi connectivity index (χ2n) is 4.17. The summed E-state index contributed by atoms with van der Waals surface area (Å²) in [5, 5.41) is 31.5. The van der Waals surface area contributed by atoms with Crippen molar-refractivity contribution in [3.63, 3.8) is 0 Å².